The molecule has 1 aromatic carbocycles. The molecule has 1 aliphatic rings. The lowest BCUT2D eigenvalue weighted by Crippen LogP contribution is -2.26. The molecule has 4 rings (SSSR count). The van der Waals surface area contributed by atoms with E-state index in [0.717, 1.165) is 41.9 Å². The van der Waals surface area contributed by atoms with Gasteiger partial charge in [-0.2, -0.15) is 0 Å². The molecule has 3 N–H and O–H groups in total. The fourth-order valence-corrected chi connectivity index (χ4v) is 3.39. The minimum absolute atomic E-state index is 0.227. The number of aromatic amines is 1. The third kappa shape index (κ3) is 2.57. The van der Waals surface area contributed by atoms with Gasteiger partial charge in [-0.25, -0.2) is 9.37 Å². The molecule has 0 bridgehead atoms. The summed E-state index contributed by atoms with van der Waals surface area (Å²) in [5, 5.41) is 0. The van der Waals surface area contributed by atoms with Crippen LogP contribution in [0.2, 0.25) is 0 Å². The van der Waals surface area contributed by atoms with Gasteiger partial charge < -0.3 is 15.6 Å². The van der Waals surface area contributed by atoms with E-state index in [2.05, 4.69) is 21.9 Å². The maximum absolute atomic E-state index is 13.4. The molecule has 2 aromatic heterocycles. The highest BCUT2D eigenvalue weighted by atomic mass is 19.1. The molecule has 24 heavy (non-hydrogen) atoms. The van der Waals surface area contributed by atoms with Crippen molar-refractivity contribution in [3.8, 4) is 22.4 Å². The number of halogens is 1. The third-order valence-electron chi connectivity index (χ3n) is 4.57. The molecule has 0 saturated heterocycles. The Bertz CT molecular complexity index is 883. The van der Waals surface area contributed by atoms with Crippen LogP contribution in [-0.2, 0) is 13.0 Å². The number of pyridine rings is 1. The zero-order chi connectivity index (χ0) is 16.7. The number of aromatic nitrogens is 2. The normalized spacial score (nSPS) is 14.6. The first-order valence-corrected chi connectivity index (χ1v) is 8.02. The number of H-pyrrole nitrogens is 1. The molecule has 3 heterocycles. The van der Waals surface area contributed by atoms with Crippen LogP contribution in [0.3, 0.4) is 0 Å². The highest BCUT2D eigenvalue weighted by Gasteiger charge is 2.24. The lowest BCUT2D eigenvalue weighted by atomic mass is 9.95. The second-order valence-electron chi connectivity index (χ2n) is 6.30. The topological polar surface area (TPSA) is 57.9 Å². The van der Waals surface area contributed by atoms with E-state index in [0.29, 0.717) is 5.82 Å². The summed E-state index contributed by atoms with van der Waals surface area (Å²) in [5.41, 5.74) is 12.6. The molecule has 0 spiro atoms. The minimum Gasteiger partial charge on any atom is -0.384 e. The first-order valence-electron chi connectivity index (χ1n) is 8.02. The maximum atomic E-state index is 13.4. The molecule has 5 heteroatoms. The van der Waals surface area contributed by atoms with Crippen molar-refractivity contribution in [2.45, 2.75) is 13.0 Å². The first-order chi connectivity index (χ1) is 11.6. The molecule has 3 aromatic rings. The number of fused-ring (bicyclic) bond motifs is 1. The van der Waals surface area contributed by atoms with Crippen LogP contribution >= 0.6 is 0 Å². The Labute approximate surface area is 140 Å². The largest absolute Gasteiger partial charge is 0.384 e. The van der Waals surface area contributed by atoms with E-state index in [4.69, 9.17) is 5.73 Å². The van der Waals surface area contributed by atoms with Crippen molar-refractivity contribution in [2.24, 2.45) is 0 Å². The highest BCUT2D eigenvalue weighted by Crippen LogP contribution is 2.39. The Hall–Kier alpha value is -2.66. The van der Waals surface area contributed by atoms with E-state index in [1.807, 2.05) is 24.3 Å². The van der Waals surface area contributed by atoms with E-state index < -0.39 is 0 Å². The van der Waals surface area contributed by atoms with Crippen LogP contribution in [-0.4, -0.2) is 28.5 Å². The Morgan fingerprint density at radius 1 is 1.17 bits per heavy atom. The van der Waals surface area contributed by atoms with Gasteiger partial charge in [0.2, 0.25) is 0 Å². The molecule has 1 aliphatic heterocycles. The molecule has 0 radical (unpaired) electrons. The predicted octanol–water partition coefficient (Wildman–Crippen LogP) is 3.45. The first kappa shape index (κ1) is 14.9. The molecular formula is C19H19FN4. The average molecular weight is 322 g/mol. The number of likely N-dealkylation sites (N-methyl/N-ethyl adjacent to an activating group) is 1. The summed E-state index contributed by atoms with van der Waals surface area (Å²) < 4.78 is 13.4. The summed E-state index contributed by atoms with van der Waals surface area (Å²) >= 11 is 0. The minimum atomic E-state index is -0.227. The molecule has 0 saturated carbocycles. The lowest BCUT2D eigenvalue weighted by Gasteiger charge is -2.23. The molecule has 0 amide bonds. The summed E-state index contributed by atoms with van der Waals surface area (Å²) in [6.07, 6.45) is 2.69. The van der Waals surface area contributed by atoms with Gasteiger partial charge >= 0.3 is 0 Å². The van der Waals surface area contributed by atoms with Crippen LogP contribution in [0.5, 0.6) is 0 Å². The van der Waals surface area contributed by atoms with Gasteiger partial charge in [-0.15, -0.1) is 0 Å². The van der Waals surface area contributed by atoms with Gasteiger partial charge in [0, 0.05) is 42.5 Å². The molecule has 0 fully saturated rings. The lowest BCUT2D eigenvalue weighted by molar-refractivity contribution is 0.312. The van der Waals surface area contributed by atoms with Crippen molar-refractivity contribution in [2.75, 3.05) is 19.3 Å². The van der Waals surface area contributed by atoms with Crippen molar-refractivity contribution >= 4 is 5.82 Å². The number of anilines is 1. The fraction of sp³-hybridized carbons (Fsp3) is 0.211. The van der Waals surface area contributed by atoms with Gasteiger partial charge in [0.15, 0.2) is 0 Å². The van der Waals surface area contributed by atoms with Crippen molar-refractivity contribution < 1.29 is 4.39 Å². The van der Waals surface area contributed by atoms with Gasteiger partial charge in [0.05, 0.1) is 5.69 Å². The van der Waals surface area contributed by atoms with Crippen molar-refractivity contribution in [3.05, 3.63) is 59.7 Å². The fourth-order valence-electron chi connectivity index (χ4n) is 3.39. The van der Waals surface area contributed by atoms with Crippen LogP contribution in [0.1, 0.15) is 11.3 Å². The molecular weight excluding hydrogens is 303 g/mol. The number of hydrogen-bond acceptors (Lipinski definition) is 3. The van der Waals surface area contributed by atoms with Crippen molar-refractivity contribution in [3.63, 3.8) is 0 Å². The summed E-state index contributed by atoms with van der Waals surface area (Å²) in [4.78, 5) is 9.95. The summed E-state index contributed by atoms with van der Waals surface area (Å²) in [5.74, 6) is 0.261. The number of nitrogens with zero attached hydrogens (tertiary/aromatic N) is 2. The number of nitrogens with one attached hydrogen (secondary N) is 1. The average Bonchev–Trinajstić information content (AvgIpc) is 2.94. The number of rotatable bonds is 2. The zero-order valence-electron chi connectivity index (χ0n) is 13.5. The van der Waals surface area contributed by atoms with E-state index >= 15 is 0 Å². The maximum Gasteiger partial charge on any atom is 0.123 e. The molecule has 0 unspecified atom stereocenters. The summed E-state index contributed by atoms with van der Waals surface area (Å²) in [7, 11) is 2.12. The number of benzene rings is 1. The Morgan fingerprint density at radius 3 is 2.71 bits per heavy atom. The molecule has 4 nitrogen and oxygen atoms in total. The van der Waals surface area contributed by atoms with Crippen LogP contribution in [0.4, 0.5) is 10.2 Å². The number of nitrogens with two attached hydrogens (primary N) is 1. The SMILES string of the molecule is CN1CCc2[nH]c(-c3ccnc(N)c3)c(-c3ccc(F)cc3)c2C1. The second-order valence-corrected chi connectivity index (χ2v) is 6.30. The van der Waals surface area contributed by atoms with E-state index in [1.165, 1.54) is 23.4 Å². The predicted molar refractivity (Wildman–Crippen MR) is 93.9 cm³/mol. The van der Waals surface area contributed by atoms with Gasteiger partial charge in [-0.1, -0.05) is 12.1 Å². The van der Waals surface area contributed by atoms with Crippen LogP contribution in [0, 0.1) is 5.82 Å². The smallest absolute Gasteiger partial charge is 0.123 e. The monoisotopic (exact) mass is 322 g/mol. The van der Waals surface area contributed by atoms with Crippen molar-refractivity contribution in [1.29, 1.82) is 0 Å². The van der Waals surface area contributed by atoms with Gasteiger partial charge in [-0.05, 0) is 42.4 Å². The molecule has 0 aliphatic carbocycles. The van der Waals surface area contributed by atoms with Gasteiger partial charge in [0.25, 0.3) is 0 Å². The number of hydrogen-bond donors (Lipinski definition) is 2. The van der Waals surface area contributed by atoms with E-state index in [1.54, 1.807) is 6.20 Å². The van der Waals surface area contributed by atoms with E-state index in [-0.39, 0.29) is 5.82 Å². The molecule has 122 valence electrons. The van der Waals surface area contributed by atoms with Crippen LogP contribution in [0.15, 0.2) is 42.6 Å². The Kier molecular flexibility index (Phi) is 3.58. The number of nitrogen functional groups attached to an aromatic ring is 1. The van der Waals surface area contributed by atoms with Gasteiger partial charge in [0.1, 0.15) is 11.6 Å². The quantitative estimate of drug-likeness (QED) is 0.760. The summed E-state index contributed by atoms with van der Waals surface area (Å²) in [6, 6.07) is 10.5. The van der Waals surface area contributed by atoms with Crippen LogP contribution < -0.4 is 5.73 Å². The zero-order valence-corrected chi connectivity index (χ0v) is 13.5. The Balaban J connectivity index is 1.94. The van der Waals surface area contributed by atoms with E-state index in [9.17, 15) is 4.39 Å². The van der Waals surface area contributed by atoms with Crippen molar-refractivity contribution in [1.82, 2.24) is 14.9 Å². The molecule has 0 atom stereocenters. The summed E-state index contributed by atoms with van der Waals surface area (Å²) in [6.45, 7) is 1.90. The van der Waals surface area contributed by atoms with Crippen LogP contribution in [0.25, 0.3) is 22.4 Å². The third-order valence-corrected chi connectivity index (χ3v) is 4.57. The highest BCUT2D eigenvalue weighted by molar-refractivity contribution is 5.85. The van der Waals surface area contributed by atoms with Gasteiger partial charge in [-0.3, -0.25) is 0 Å². The second kappa shape index (κ2) is 5.76. The Morgan fingerprint density at radius 2 is 1.96 bits per heavy atom. The standard InChI is InChI=1S/C19H19FN4/c1-24-9-7-16-15(11-24)18(12-2-4-14(20)5-3-12)19(23-16)13-6-8-22-17(21)10-13/h2-6,8,10,23H,7,9,11H2,1H3,(H2,21,22).